The zero-order valence-electron chi connectivity index (χ0n) is 8.06. The summed E-state index contributed by atoms with van der Waals surface area (Å²) in [5, 5.41) is 0. The van der Waals surface area contributed by atoms with Crippen LogP contribution >= 0.6 is 0 Å². The molecule has 0 amide bonds. The van der Waals surface area contributed by atoms with Crippen LogP contribution in [0.4, 0.5) is 4.79 Å². The van der Waals surface area contributed by atoms with E-state index in [0.717, 1.165) is 12.8 Å². The molecule has 2 rings (SSSR count). The van der Waals surface area contributed by atoms with E-state index in [4.69, 9.17) is 4.74 Å². The van der Waals surface area contributed by atoms with E-state index in [2.05, 4.69) is 4.98 Å². The summed E-state index contributed by atoms with van der Waals surface area (Å²) in [6, 6.07) is 0. The molecule has 1 aliphatic rings. The second kappa shape index (κ2) is 4.26. The van der Waals surface area contributed by atoms with Crippen LogP contribution in [-0.2, 0) is 4.74 Å². The van der Waals surface area contributed by atoms with Crippen molar-refractivity contribution in [1.29, 1.82) is 0 Å². The van der Waals surface area contributed by atoms with Gasteiger partial charge in [-0.1, -0.05) is 6.42 Å². The first-order valence-corrected chi connectivity index (χ1v) is 5.05. The molecule has 1 fully saturated rings. The largest absolute Gasteiger partial charge is 0.446 e. The van der Waals surface area contributed by atoms with Gasteiger partial charge in [-0.2, -0.15) is 0 Å². The van der Waals surface area contributed by atoms with Crippen LogP contribution in [0.5, 0.6) is 0 Å². The lowest BCUT2D eigenvalue weighted by molar-refractivity contribution is 0.0764. The van der Waals surface area contributed by atoms with Gasteiger partial charge in [0.05, 0.1) is 0 Å². The topological polar surface area (TPSA) is 44.1 Å². The summed E-state index contributed by atoms with van der Waals surface area (Å²) in [6.07, 6.45) is 10.0. The maximum absolute atomic E-state index is 11.5. The van der Waals surface area contributed by atoms with Crippen LogP contribution in [0.25, 0.3) is 0 Å². The standard InChI is InChI=1S/C10H14N2O2/c13-10(12-7-6-11-8-12)14-9-4-2-1-3-5-9/h6-9H,1-5H2. The molecule has 0 aliphatic heterocycles. The molecule has 4 nitrogen and oxygen atoms in total. The summed E-state index contributed by atoms with van der Waals surface area (Å²) in [6.45, 7) is 0. The van der Waals surface area contributed by atoms with Crippen LogP contribution in [0.3, 0.4) is 0 Å². The fourth-order valence-electron chi connectivity index (χ4n) is 1.75. The molecule has 1 saturated carbocycles. The normalized spacial score (nSPS) is 18.0. The van der Waals surface area contributed by atoms with Crippen molar-refractivity contribution in [2.24, 2.45) is 0 Å². The molecule has 0 aromatic carbocycles. The maximum Gasteiger partial charge on any atom is 0.419 e. The lowest BCUT2D eigenvalue weighted by Crippen LogP contribution is -2.23. The first-order chi connectivity index (χ1) is 6.86. The molecular weight excluding hydrogens is 180 g/mol. The van der Waals surface area contributed by atoms with Gasteiger partial charge in [-0.3, -0.25) is 0 Å². The van der Waals surface area contributed by atoms with Crippen LogP contribution in [0.1, 0.15) is 32.1 Å². The number of carbonyl (C=O) groups is 1. The first kappa shape index (κ1) is 9.24. The molecule has 0 bridgehead atoms. The zero-order chi connectivity index (χ0) is 9.80. The number of carbonyl (C=O) groups excluding carboxylic acids is 1. The van der Waals surface area contributed by atoms with E-state index in [1.165, 1.54) is 30.2 Å². The Morgan fingerprint density at radius 3 is 2.79 bits per heavy atom. The van der Waals surface area contributed by atoms with E-state index >= 15 is 0 Å². The third-order valence-corrected chi connectivity index (χ3v) is 2.53. The van der Waals surface area contributed by atoms with Gasteiger partial charge >= 0.3 is 6.09 Å². The molecule has 0 atom stereocenters. The van der Waals surface area contributed by atoms with Gasteiger partial charge in [0.1, 0.15) is 12.4 Å². The minimum absolute atomic E-state index is 0.110. The molecule has 1 aliphatic carbocycles. The van der Waals surface area contributed by atoms with Crippen LogP contribution < -0.4 is 0 Å². The highest BCUT2D eigenvalue weighted by molar-refractivity contribution is 5.70. The summed E-state index contributed by atoms with van der Waals surface area (Å²) in [5.41, 5.74) is 0. The van der Waals surface area contributed by atoms with Gasteiger partial charge in [-0.25, -0.2) is 14.3 Å². The van der Waals surface area contributed by atoms with Crippen molar-refractivity contribution in [3.05, 3.63) is 18.7 Å². The van der Waals surface area contributed by atoms with E-state index in [9.17, 15) is 4.79 Å². The molecule has 0 unspecified atom stereocenters. The minimum Gasteiger partial charge on any atom is -0.446 e. The van der Waals surface area contributed by atoms with Crippen molar-refractivity contribution in [3.63, 3.8) is 0 Å². The summed E-state index contributed by atoms with van der Waals surface area (Å²) in [4.78, 5) is 15.3. The minimum atomic E-state index is -0.311. The number of imidazole rings is 1. The monoisotopic (exact) mass is 194 g/mol. The van der Waals surface area contributed by atoms with Gasteiger partial charge in [0.2, 0.25) is 0 Å². The Hall–Kier alpha value is -1.32. The fourth-order valence-corrected chi connectivity index (χ4v) is 1.75. The van der Waals surface area contributed by atoms with Crippen molar-refractivity contribution < 1.29 is 9.53 Å². The predicted octanol–water partition coefficient (Wildman–Crippen LogP) is 2.20. The first-order valence-electron chi connectivity index (χ1n) is 5.05. The molecule has 76 valence electrons. The highest BCUT2D eigenvalue weighted by Crippen LogP contribution is 2.20. The number of hydrogen-bond donors (Lipinski definition) is 0. The molecule has 1 aromatic rings. The Morgan fingerprint density at radius 2 is 2.14 bits per heavy atom. The van der Waals surface area contributed by atoms with Gasteiger partial charge in [0.15, 0.2) is 0 Å². The molecule has 0 N–H and O–H groups in total. The average Bonchev–Trinajstić information content (AvgIpc) is 2.72. The van der Waals surface area contributed by atoms with E-state index < -0.39 is 0 Å². The molecule has 14 heavy (non-hydrogen) atoms. The van der Waals surface area contributed by atoms with E-state index in [0.29, 0.717) is 0 Å². The Labute approximate surface area is 82.9 Å². The van der Waals surface area contributed by atoms with Gasteiger partial charge in [0.25, 0.3) is 0 Å². The van der Waals surface area contributed by atoms with E-state index in [1.54, 1.807) is 12.4 Å². The number of nitrogens with zero attached hydrogens (tertiary/aromatic N) is 2. The van der Waals surface area contributed by atoms with E-state index in [1.807, 2.05) is 0 Å². The highest BCUT2D eigenvalue weighted by Gasteiger charge is 2.18. The smallest absolute Gasteiger partial charge is 0.419 e. The Kier molecular flexibility index (Phi) is 2.81. The summed E-state index contributed by atoms with van der Waals surface area (Å²) in [7, 11) is 0. The predicted molar refractivity (Wildman–Crippen MR) is 51.0 cm³/mol. The molecule has 0 saturated heterocycles. The van der Waals surface area contributed by atoms with Crippen molar-refractivity contribution in [3.8, 4) is 0 Å². The molecule has 1 aromatic heterocycles. The summed E-state index contributed by atoms with van der Waals surface area (Å²) >= 11 is 0. The maximum atomic E-state index is 11.5. The van der Waals surface area contributed by atoms with Gasteiger partial charge in [0, 0.05) is 12.4 Å². The van der Waals surface area contributed by atoms with Crippen molar-refractivity contribution in [2.45, 2.75) is 38.2 Å². The highest BCUT2D eigenvalue weighted by atomic mass is 16.6. The summed E-state index contributed by atoms with van der Waals surface area (Å²) in [5.74, 6) is 0. The number of rotatable bonds is 1. The molecule has 0 spiro atoms. The van der Waals surface area contributed by atoms with Crippen molar-refractivity contribution in [2.75, 3.05) is 0 Å². The number of ether oxygens (including phenoxy) is 1. The van der Waals surface area contributed by atoms with Gasteiger partial charge in [-0.05, 0) is 25.7 Å². The average molecular weight is 194 g/mol. The molecule has 1 heterocycles. The SMILES string of the molecule is O=C(OC1CCCCC1)n1ccnc1. The molecule has 0 radical (unpaired) electrons. The second-order valence-electron chi connectivity index (χ2n) is 3.61. The second-order valence-corrected chi connectivity index (χ2v) is 3.61. The number of hydrogen-bond acceptors (Lipinski definition) is 3. The lowest BCUT2D eigenvalue weighted by Gasteiger charge is -2.21. The Bertz CT molecular complexity index is 289. The van der Waals surface area contributed by atoms with Crippen LogP contribution in [0, 0.1) is 0 Å². The molecule has 4 heteroatoms. The third kappa shape index (κ3) is 2.13. The Balaban J connectivity index is 1.87. The fraction of sp³-hybridized carbons (Fsp3) is 0.600. The van der Waals surface area contributed by atoms with Crippen LogP contribution in [0.15, 0.2) is 18.7 Å². The van der Waals surface area contributed by atoms with Crippen LogP contribution in [0.2, 0.25) is 0 Å². The Morgan fingerprint density at radius 1 is 1.36 bits per heavy atom. The molecular formula is C10H14N2O2. The summed E-state index contributed by atoms with van der Waals surface area (Å²) < 4.78 is 6.69. The van der Waals surface area contributed by atoms with Gasteiger partial charge in [-0.15, -0.1) is 0 Å². The van der Waals surface area contributed by atoms with Gasteiger partial charge < -0.3 is 4.74 Å². The van der Waals surface area contributed by atoms with Crippen molar-refractivity contribution in [1.82, 2.24) is 9.55 Å². The zero-order valence-corrected chi connectivity index (χ0v) is 8.06. The quantitative estimate of drug-likeness (QED) is 0.688. The third-order valence-electron chi connectivity index (χ3n) is 2.53. The number of aromatic nitrogens is 2. The lowest BCUT2D eigenvalue weighted by atomic mass is 9.98. The van der Waals surface area contributed by atoms with Crippen LogP contribution in [-0.4, -0.2) is 21.7 Å². The van der Waals surface area contributed by atoms with Crippen molar-refractivity contribution >= 4 is 6.09 Å². The van der Waals surface area contributed by atoms with E-state index in [-0.39, 0.29) is 12.2 Å².